The van der Waals surface area contributed by atoms with Gasteiger partial charge in [-0.05, 0) is 56.1 Å². The fourth-order valence-corrected chi connectivity index (χ4v) is 2.78. The van der Waals surface area contributed by atoms with Gasteiger partial charge in [-0.15, -0.1) is 0 Å². The van der Waals surface area contributed by atoms with Crippen molar-refractivity contribution >= 4 is 23.2 Å². The highest BCUT2D eigenvalue weighted by atomic mass is 35.5. The molecule has 1 unspecified atom stereocenters. The van der Waals surface area contributed by atoms with E-state index in [4.69, 9.17) is 23.2 Å². The number of aryl methyl sites for hydroxylation is 1. The van der Waals surface area contributed by atoms with E-state index >= 15 is 0 Å². The molecule has 4 heteroatoms. The van der Waals surface area contributed by atoms with Crippen LogP contribution in [0.4, 0.5) is 0 Å². The van der Waals surface area contributed by atoms with Gasteiger partial charge in [0.05, 0.1) is 0 Å². The second-order valence-electron chi connectivity index (χ2n) is 5.22. The van der Waals surface area contributed by atoms with Crippen molar-refractivity contribution < 1.29 is 5.11 Å². The van der Waals surface area contributed by atoms with Crippen LogP contribution in [0.15, 0.2) is 36.4 Å². The number of aromatic hydroxyl groups is 1. The Kier molecular flexibility index (Phi) is 5.51. The smallest absolute Gasteiger partial charge is 0.120 e. The second kappa shape index (κ2) is 7.17. The number of nitrogens with one attached hydrogen (secondary N) is 1. The van der Waals surface area contributed by atoms with Crippen LogP contribution in [0.5, 0.6) is 5.75 Å². The van der Waals surface area contributed by atoms with Gasteiger partial charge >= 0.3 is 0 Å². The second-order valence-corrected chi connectivity index (χ2v) is 6.07. The van der Waals surface area contributed by atoms with E-state index in [1.165, 1.54) is 0 Å². The van der Waals surface area contributed by atoms with Gasteiger partial charge in [-0.2, -0.15) is 0 Å². The van der Waals surface area contributed by atoms with Gasteiger partial charge in [-0.25, -0.2) is 0 Å². The van der Waals surface area contributed by atoms with E-state index in [9.17, 15) is 5.11 Å². The minimum absolute atomic E-state index is 0.0803. The number of halogens is 2. The van der Waals surface area contributed by atoms with Crippen LogP contribution in [-0.4, -0.2) is 11.7 Å². The van der Waals surface area contributed by atoms with Crippen molar-refractivity contribution in [3.8, 4) is 5.75 Å². The van der Waals surface area contributed by atoms with Gasteiger partial charge < -0.3 is 10.4 Å². The third-order valence-corrected chi connectivity index (χ3v) is 4.10. The topological polar surface area (TPSA) is 32.3 Å². The molecule has 0 bridgehead atoms. The minimum Gasteiger partial charge on any atom is -0.508 e. The minimum atomic E-state index is 0.0803. The van der Waals surface area contributed by atoms with E-state index in [0.29, 0.717) is 15.8 Å². The van der Waals surface area contributed by atoms with Crippen LogP contribution in [0, 0.1) is 6.92 Å². The Hall–Kier alpha value is -1.22. The van der Waals surface area contributed by atoms with Crippen LogP contribution < -0.4 is 5.32 Å². The molecule has 0 amide bonds. The quantitative estimate of drug-likeness (QED) is 0.820. The lowest BCUT2D eigenvalue weighted by atomic mass is 10.0. The zero-order valence-corrected chi connectivity index (χ0v) is 13.7. The molecule has 0 spiro atoms. The molecule has 1 atom stereocenters. The van der Waals surface area contributed by atoms with Crippen molar-refractivity contribution in [2.45, 2.75) is 26.3 Å². The number of benzene rings is 2. The van der Waals surface area contributed by atoms with Crippen LogP contribution >= 0.6 is 23.2 Å². The van der Waals surface area contributed by atoms with E-state index in [1.807, 2.05) is 38.1 Å². The van der Waals surface area contributed by atoms with Crippen LogP contribution in [0.25, 0.3) is 0 Å². The first kappa shape index (κ1) is 16.2. The van der Waals surface area contributed by atoms with Crippen LogP contribution in [0.2, 0.25) is 10.0 Å². The van der Waals surface area contributed by atoms with E-state index in [0.717, 1.165) is 29.7 Å². The van der Waals surface area contributed by atoms with Gasteiger partial charge in [0.15, 0.2) is 0 Å². The fourth-order valence-electron chi connectivity index (χ4n) is 2.28. The van der Waals surface area contributed by atoms with E-state index in [-0.39, 0.29) is 6.04 Å². The molecule has 0 aromatic heterocycles. The first-order valence-electron chi connectivity index (χ1n) is 6.94. The summed E-state index contributed by atoms with van der Waals surface area (Å²) in [6, 6.07) is 11.4. The standard InChI is InChI=1S/C17H19Cl2NO/c1-11-3-6-15(17(21)9-11)12(2)20-8-7-13-4-5-14(18)10-16(13)19/h3-6,9-10,12,20-21H,7-8H2,1-2H3. The van der Waals surface area contributed by atoms with Crippen molar-refractivity contribution in [1.29, 1.82) is 0 Å². The lowest BCUT2D eigenvalue weighted by molar-refractivity contribution is 0.452. The molecule has 0 saturated heterocycles. The van der Waals surface area contributed by atoms with Gasteiger partial charge in [-0.3, -0.25) is 0 Å². The normalized spacial score (nSPS) is 12.4. The Morgan fingerprint density at radius 1 is 1.14 bits per heavy atom. The largest absolute Gasteiger partial charge is 0.508 e. The van der Waals surface area contributed by atoms with Crippen molar-refractivity contribution in [3.63, 3.8) is 0 Å². The molecule has 0 aliphatic rings. The molecule has 0 fully saturated rings. The average Bonchev–Trinajstić information content (AvgIpc) is 2.41. The Bertz CT molecular complexity index is 628. The third kappa shape index (κ3) is 4.37. The molecular weight excluding hydrogens is 305 g/mol. The molecule has 0 aliphatic heterocycles. The summed E-state index contributed by atoms with van der Waals surface area (Å²) in [6.45, 7) is 4.77. The summed E-state index contributed by atoms with van der Waals surface area (Å²) in [5.74, 6) is 0.333. The SMILES string of the molecule is Cc1ccc(C(C)NCCc2ccc(Cl)cc2Cl)c(O)c1. The molecule has 0 saturated carbocycles. The summed E-state index contributed by atoms with van der Waals surface area (Å²) in [5, 5.41) is 14.7. The summed E-state index contributed by atoms with van der Waals surface area (Å²) in [6.07, 6.45) is 0.812. The molecule has 112 valence electrons. The number of phenolic OH excluding ortho intramolecular Hbond substituents is 1. The van der Waals surface area contributed by atoms with Gasteiger partial charge in [0.2, 0.25) is 0 Å². The predicted octanol–water partition coefficient (Wildman–Crippen LogP) is 4.90. The van der Waals surface area contributed by atoms with Crippen molar-refractivity contribution in [2.75, 3.05) is 6.54 Å². The van der Waals surface area contributed by atoms with Crippen molar-refractivity contribution in [1.82, 2.24) is 5.32 Å². The summed E-state index contributed by atoms with van der Waals surface area (Å²) in [4.78, 5) is 0. The molecule has 0 radical (unpaired) electrons. The maximum atomic E-state index is 9.98. The maximum Gasteiger partial charge on any atom is 0.120 e. The number of phenols is 1. The summed E-state index contributed by atoms with van der Waals surface area (Å²) in [5.41, 5.74) is 3.02. The lowest BCUT2D eigenvalue weighted by Crippen LogP contribution is -2.21. The number of rotatable bonds is 5. The third-order valence-electron chi connectivity index (χ3n) is 3.51. The molecule has 2 aromatic carbocycles. The zero-order valence-electron chi connectivity index (χ0n) is 12.2. The van der Waals surface area contributed by atoms with Crippen LogP contribution in [-0.2, 0) is 6.42 Å². The van der Waals surface area contributed by atoms with Crippen molar-refractivity contribution in [2.24, 2.45) is 0 Å². The molecule has 0 aliphatic carbocycles. The summed E-state index contributed by atoms with van der Waals surface area (Å²) < 4.78 is 0. The predicted molar refractivity (Wildman–Crippen MR) is 89.4 cm³/mol. The highest BCUT2D eigenvalue weighted by Gasteiger charge is 2.10. The van der Waals surface area contributed by atoms with Crippen LogP contribution in [0.1, 0.15) is 29.7 Å². The maximum absolute atomic E-state index is 9.98. The Labute approximate surface area is 135 Å². The van der Waals surface area contributed by atoms with E-state index in [2.05, 4.69) is 5.32 Å². The van der Waals surface area contributed by atoms with E-state index in [1.54, 1.807) is 12.1 Å². The van der Waals surface area contributed by atoms with Gasteiger partial charge in [0.25, 0.3) is 0 Å². The molecule has 21 heavy (non-hydrogen) atoms. The van der Waals surface area contributed by atoms with Crippen LogP contribution in [0.3, 0.4) is 0 Å². The highest BCUT2D eigenvalue weighted by molar-refractivity contribution is 6.35. The zero-order chi connectivity index (χ0) is 15.4. The van der Waals surface area contributed by atoms with Gasteiger partial charge in [0, 0.05) is 21.7 Å². The summed E-state index contributed by atoms with van der Waals surface area (Å²) in [7, 11) is 0. The van der Waals surface area contributed by atoms with Gasteiger partial charge in [-0.1, -0.05) is 41.4 Å². The van der Waals surface area contributed by atoms with Gasteiger partial charge in [0.1, 0.15) is 5.75 Å². The average molecular weight is 324 g/mol. The summed E-state index contributed by atoms with van der Waals surface area (Å²) >= 11 is 12.0. The highest BCUT2D eigenvalue weighted by Crippen LogP contribution is 2.25. The molecular formula is C17H19Cl2NO. The molecule has 2 N–H and O–H groups in total. The molecule has 2 aromatic rings. The Morgan fingerprint density at radius 3 is 2.57 bits per heavy atom. The molecule has 0 heterocycles. The monoisotopic (exact) mass is 323 g/mol. The van der Waals surface area contributed by atoms with E-state index < -0.39 is 0 Å². The first-order chi connectivity index (χ1) is 9.97. The molecule has 2 rings (SSSR count). The molecule has 2 nitrogen and oxygen atoms in total. The lowest BCUT2D eigenvalue weighted by Gasteiger charge is -2.16. The first-order valence-corrected chi connectivity index (χ1v) is 7.70. The Balaban J connectivity index is 1.93. The Morgan fingerprint density at radius 2 is 1.90 bits per heavy atom. The number of hydrogen-bond donors (Lipinski definition) is 2. The number of hydrogen-bond acceptors (Lipinski definition) is 2. The van der Waals surface area contributed by atoms with Crippen molar-refractivity contribution in [3.05, 3.63) is 63.1 Å². The fraction of sp³-hybridized carbons (Fsp3) is 0.294.